The predicted octanol–water partition coefficient (Wildman–Crippen LogP) is 2.94. The maximum atomic E-state index is 12.4. The van der Waals surface area contributed by atoms with Gasteiger partial charge in [0.25, 0.3) is 0 Å². The quantitative estimate of drug-likeness (QED) is 0.712. The number of Topliss-reactive ketones (excluding diaryl/α,β-unsaturated/α-hetero) is 1. The van der Waals surface area contributed by atoms with Gasteiger partial charge in [-0.05, 0) is 11.1 Å². The first-order chi connectivity index (χ1) is 8.81. The van der Waals surface area contributed by atoms with Crippen LogP contribution in [0.15, 0.2) is 54.6 Å². The van der Waals surface area contributed by atoms with Gasteiger partial charge in [-0.25, -0.2) is 0 Å². The Labute approximate surface area is 105 Å². The van der Waals surface area contributed by atoms with Gasteiger partial charge in [-0.3, -0.25) is 4.79 Å². The Kier molecular flexibility index (Phi) is 1.84. The summed E-state index contributed by atoms with van der Waals surface area (Å²) in [6.45, 7) is 0. The van der Waals surface area contributed by atoms with E-state index in [0.717, 1.165) is 16.7 Å². The fourth-order valence-corrected chi connectivity index (χ4v) is 2.94. The highest BCUT2D eigenvalue weighted by molar-refractivity contribution is 6.09. The van der Waals surface area contributed by atoms with Gasteiger partial charge in [0.1, 0.15) is 6.10 Å². The fraction of sp³-hybridized carbons (Fsp3) is 0.188. The molecule has 2 aliphatic rings. The lowest BCUT2D eigenvalue weighted by atomic mass is 9.96. The molecule has 0 bridgehead atoms. The number of fused-ring (bicyclic) bond motifs is 1. The number of carbonyl (C=O) groups excluding carboxylic acids is 1. The highest BCUT2D eigenvalue weighted by Gasteiger charge is 2.65. The van der Waals surface area contributed by atoms with Gasteiger partial charge in [0.05, 0.1) is 0 Å². The van der Waals surface area contributed by atoms with Crippen molar-refractivity contribution >= 4 is 5.78 Å². The molecule has 0 unspecified atom stereocenters. The van der Waals surface area contributed by atoms with Gasteiger partial charge in [0.2, 0.25) is 0 Å². The number of hydrogen-bond donors (Lipinski definition) is 0. The number of epoxide rings is 1. The van der Waals surface area contributed by atoms with E-state index in [2.05, 4.69) is 0 Å². The van der Waals surface area contributed by atoms with Gasteiger partial charge in [-0.15, -0.1) is 0 Å². The zero-order valence-electron chi connectivity index (χ0n) is 9.80. The van der Waals surface area contributed by atoms with Crippen LogP contribution < -0.4 is 0 Å². The Balaban J connectivity index is 1.73. The molecule has 0 saturated carbocycles. The molecule has 0 aromatic heterocycles. The van der Waals surface area contributed by atoms with Gasteiger partial charge in [-0.1, -0.05) is 54.6 Å². The Morgan fingerprint density at radius 3 is 2.50 bits per heavy atom. The largest absolute Gasteiger partial charge is 0.352 e. The number of benzene rings is 2. The third kappa shape index (κ3) is 1.18. The molecule has 4 rings (SSSR count). The number of hydrogen-bond acceptors (Lipinski definition) is 2. The monoisotopic (exact) mass is 236 g/mol. The second-order valence-electron chi connectivity index (χ2n) is 4.96. The molecule has 2 nitrogen and oxygen atoms in total. The second-order valence-corrected chi connectivity index (χ2v) is 4.96. The highest BCUT2D eigenvalue weighted by Crippen LogP contribution is 2.56. The first-order valence-corrected chi connectivity index (χ1v) is 6.17. The maximum Gasteiger partial charge on any atom is 0.198 e. The summed E-state index contributed by atoms with van der Waals surface area (Å²) in [6, 6.07) is 17.8. The predicted molar refractivity (Wildman–Crippen MR) is 67.5 cm³/mol. The molecular weight excluding hydrogens is 224 g/mol. The average Bonchev–Trinajstić information content (AvgIpc) is 3.08. The van der Waals surface area contributed by atoms with Crippen molar-refractivity contribution in [3.05, 3.63) is 71.3 Å². The third-order valence-electron chi connectivity index (χ3n) is 3.90. The number of rotatable bonds is 1. The van der Waals surface area contributed by atoms with Gasteiger partial charge >= 0.3 is 0 Å². The van der Waals surface area contributed by atoms with E-state index in [4.69, 9.17) is 4.74 Å². The van der Waals surface area contributed by atoms with Crippen LogP contribution in [0, 0.1) is 0 Å². The number of ketones is 1. The second kappa shape index (κ2) is 3.30. The van der Waals surface area contributed by atoms with Crippen molar-refractivity contribution in [2.75, 3.05) is 0 Å². The van der Waals surface area contributed by atoms with Crippen LogP contribution in [0.4, 0.5) is 0 Å². The number of ether oxygens (including phenoxy) is 1. The maximum absolute atomic E-state index is 12.4. The minimum absolute atomic E-state index is 0.0707. The van der Waals surface area contributed by atoms with Crippen molar-refractivity contribution in [1.29, 1.82) is 0 Å². The molecule has 1 heterocycles. The third-order valence-corrected chi connectivity index (χ3v) is 3.90. The summed E-state index contributed by atoms with van der Waals surface area (Å²) in [7, 11) is 0. The van der Waals surface area contributed by atoms with Gasteiger partial charge in [-0.2, -0.15) is 0 Å². The molecule has 2 aromatic rings. The standard InChI is InChI=1S/C16H12O2/c17-14-13-9-5-4-8-12(13)10-16(14)15(18-16)11-6-2-1-3-7-11/h1-9,15H,10H2/t15-,16+/m0/s1. The minimum Gasteiger partial charge on any atom is -0.352 e. The van der Waals surface area contributed by atoms with Gasteiger partial charge in [0, 0.05) is 12.0 Å². The van der Waals surface area contributed by atoms with Crippen LogP contribution in [0.3, 0.4) is 0 Å². The molecule has 0 amide bonds. The smallest absolute Gasteiger partial charge is 0.198 e. The van der Waals surface area contributed by atoms with E-state index in [-0.39, 0.29) is 11.9 Å². The van der Waals surface area contributed by atoms with Crippen LogP contribution in [0.5, 0.6) is 0 Å². The van der Waals surface area contributed by atoms with Crippen molar-refractivity contribution in [3.8, 4) is 0 Å². The summed E-state index contributed by atoms with van der Waals surface area (Å²) < 4.78 is 5.80. The molecule has 2 heteroatoms. The first kappa shape index (κ1) is 10.0. The Bertz CT molecular complexity index is 633. The molecule has 1 aliphatic carbocycles. The van der Waals surface area contributed by atoms with Crippen LogP contribution in [0.25, 0.3) is 0 Å². The Morgan fingerprint density at radius 2 is 1.72 bits per heavy atom. The Morgan fingerprint density at radius 1 is 1.00 bits per heavy atom. The van der Waals surface area contributed by atoms with Crippen molar-refractivity contribution in [2.45, 2.75) is 18.1 Å². The molecule has 0 radical (unpaired) electrons. The molecule has 1 aliphatic heterocycles. The van der Waals surface area contributed by atoms with Crippen LogP contribution in [0.1, 0.15) is 27.6 Å². The summed E-state index contributed by atoms with van der Waals surface area (Å²) in [5.74, 6) is 0.145. The highest BCUT2D eigenvalue weighted by atomic mass is 16.6. The summed E-state index contributed by atoms with van der Waals surface area (Å²) >= 11 is 0. The minimum atomic E-state index is -0.606. The number of carbonyl (C=O) groups is 1. The van der Waals surface area contributed by atoms with Crippen LogP contribution in [-0.4, -0.2) is 11.4 Å². The average molecular weight is 236 g/mol. The molecule has 88 valence electrons. The zero-order valence-corrected chi connectivity index (χ0v) is 9.80. The fourth-order valence-electron chi connectivity index (χ4n) is 2.94. The zero-order chi connectivity index (χ0) is 12.2. The van der Waals surface area contributed by atoms with E-state index >= 15 is 0 Å². The lowest BCUT2D eigenvalue weighted by Gasteiger charge is -2.00. The lowest BCUT2D eigenvalue weighted by molar-refractivity contribution is 0.0894. The van der Waals surface area contributed by atoms with Gasteiger partial charge < -0.3 is 4.74 Å². The van der Waals surface area contributed by atoms with E-state index < -0.39 is 5.60 Å². The van der Waals surface area contributed by atoms with Crippen LogP contribution >= 0.6 is 0 Å². The molecule has 1 spiro atoms. The van der Waals surface area contributed by atoms with Gasteiger partial charge in [0.15, 0.2) is 11.4 Å². The Hall–Kier alpha value is -1.93. The SMILES string of the molecule is O=C1c2ccccc2C[C@@]12O[C@H]2c1ccccc1. The van der Waals surface area contributed by atoms with Crippen LogP contribution in [-0.2, 0) is 11.2 Å². The summed E-state index contributed by atoms with van der Waals surface area (Å²) in [5, 5.41) is 0. The van der Waals surface area contributed by atoms with E-state index in [1.165, 1.54) is 0 Å². The first-order valence-electron chi connectivity index (χ1n) is 6.17. The molecule has 0 N–H and O–H groups in total. The van der Waals surface area contributed by atoms with Crippen molar-refractivity contribution < 1.29 is 9.53 Å². The van der Waals surface area contributed by atoms with E-state index in [1.807, 2.05) is 54.6 Å². The van der Waals surface area contributed by atoms with E-state index in [1.54, 1.807) is 0 Å². The molecule has 1 saturated heterocycles. The molecule has 18 heavy (non-hydrogen) atoms. The van der Waals surface area contributed by atoms with Crippen molar-refractivity contribution in [2.24, 2.45) is 0 Å². The molecular formula is C16H12O2. The lowest BCUT2D eigenvalue weighted by Crippen LogP contribution is -2.20. The summed E-state index contributed by atoms with van der Waals surface area (Å²) in [5.41, 5.74) is 2.43. The van der Waals surface area contributed by atoms with E-state index in [0.29, 0.717) is 6.42 Å². The van der Waals surface area contributed by atoms with Crippen LogP contribution in [0.2, 0.25) is 0 Å². The molecule has 2 aromatic carbocycles. The van der Waals surface area contributed by atoms with Crippen molar-refractivity contribution in [1.82, 2.24) is 0 Å². The van der Waals surface area contributed by atoms with E-state index in [9.17, 15) is 4.79 Å². The van der Waals surface area contributed by atoms with Crippen molar-refractivity contribution in [3.63, 3.8) is 0 Å². The molecule has 2 atom stereocenters. The normalized spacial score (nSPS) is 28.4. The summed E-state index contributed by atoms with van der Waals surface area (Å²) in [4.78, 5) is 12.4. The topological polar surface area (TPSA) is 29.6 Å². The molecule has 1 fully saturated rings. The summed E-state index contributed by atoms with van der Waals surface area (Å²) in [6.07, 6.45) is 0.639.